The minimum atomic E-state index is -4.34. The number of fused-ring (bicyclic) bond motifs is 2. The summed E-state index contributed by atoms with van der Waals surface area (Å²) in [6, 6.07) is 22.4. The average Bonchev–Trinajstić information content (AvgIpc) is 3.07. The minimum Gasteiger partial charge on any atom is -0.468 e. The minimum absolute atomic E-state index is 0.0810. The molecule has 0 spiro atoms. The number of amides is 2. The van der Waals surface area contributed by atoms with Crippen LogP contribution in [0.1, 0.15) is 33.5 Å². The molecule has 3 aromatic carbocycles. The Kier molecular flexibility index (Phi) is 9.20. The lowest BCUT2D eigenvalue weighted by Gasteiger charge is -2.30. The van der Waals surface area contributed by atoms with Crippen molar-refractivity contribution in [3.05, 3.63) is 113 Å². The first-order valence-electron chi connectivity index (χ1n) is 14.0. The van der Waals surface area contributed by atoms with E-state index in [9.17, 15) is 28.1 Å². The number of methoxy groups -OCH3 is 1. The van der Waals surface area contributed by atoms with Gasteiger partial charge in [-0.3, -0.25) is 23.7 Å². The van der Waals surface area contributed by atoms with E-state index in [2.05, 4.69) is 15.0 Å². The molecule has 45 heavy (non-hydrogen) atoms. The van der Waals surface area contributed by atoms with E-state index in [1.54, 1.807) is 48.5 Å². The van der Waals surface area contributed by atoms with Crippen LogP contribution in [0.15, 0.2) is 95.7 Å². The molecule has 0 bridgehead atoms. The number of hydrogen-bond acceptors (Lipinski definition) is 8. The fraction of sp³-hybridized carbons (Fsp3) is 0.182. The van der Waals surface area contributed by atoms with Crippen molar-refractivity contribution in [2.75, 3.05) is 20.2 Å². The molecule has 4 aromatic rings. The molecule has 0 aliphatic heterocycles. The van der Waals surface area contributed by atoms with Crippen LogP contribution in [-0.2, 0) is 37.3 Å². The topological polar surface area (TPSA) is 150 Å². The van der Waals surface area contributed by atoms with Crippen molar-refractivity contribution in [1.29, 1.82) is 5.26 Å². The Hall–Kier alpha value is -5.54. The van der Waals surface area contributed by atoms with E-state index in [0.717, 1.165) is 14.8 Å². The molecule has 2 amide bonds. The molecule has 1 aliphatic carbocycles. The molecule has 1 aliphatic rings. The van der Waals surface area contributed by atoms with Crippen molar-refractivity contribution in [2.45, 2.75) is 24.3 Å². The van der Waals surface area contributed by atoms with Crippen LogP contribution in [0, 0.1) is 11.5 Å². The largest absolute Gasteiger partial charge is 0.468 e. The number of esters is 1. The third-order valence-corrected chi connectivity index (χ3v) is 9.20. The molecule has 11 nitrogen and oxygen atoms in total. The van der Waals surface area contributed by atoms with Gasteiger partial charge in [-0.25, -0.2) is 13.3 Å². The number of carbonyl (C=O) groups excluding carboxylic acids is 3. The first kappa shape index (κ1) is 30.9. The van der Waals surface area contributed by atoms with Gasteiger partial charge in [-0.1, -0.05) is 60.7 Å². The Labute approximate surface area is 260 Å². The summed E-state index contributed by atoms with van der Waals surface area (Å²) in [4.78, 5) is 43.4. The predicted molar refractivity (Wildman–Crippen MR) is 165 cm³/mol. The van der Waals surface area contributed by atoms with Gasteiger partial charge in [0.1, 0.15) is 18.0 Å². The van der Waals surface area contributed by atoms with E-state index in [1.165, 1.54) is 19.4 Å². The van der Waals surface area contributed by atoms with E-state index in [-0.39, 0.29) is 29.8 Å². The Morgan fingerprint density at radius 1 is 0.978 bits per heavy atom. The van der Waals surface area contributed by atoms with Crippen LogP contribution in [-0.4, -0.2) is 60.6 Å². The summed E-state index contributed by atoms with van der Waals surface area (Å²) < 4.78 is 34.1. The molecule has 1 N–H and O–H groups in total. The van der Waals surface area contributed by atoms with Crippen LogP contribution in [0.2, 0.25) is 0 Å². The maximum absolute atomic E-state index is 14.2. The Bertz CT molecular complexity index is 1950. The second kappa shape index (κ2) is 13.4. The Balaban J connectivity index is 1.52. The van der Waals surface area contributed by atoms with Crippen LogP contribution in [0.4, 0.5) is 0 Å². The monoisotopic (exact) mass is 623 g/mol. The van der Waals surface area contributed by atoms with E-state index < -0.39 is 40.9 Å². The number of rotatable bonds is 10. The summed E-state index contributed by atoms with van der Waals surface area (Å²) in [6.07, 6.45) is 5.55. The number of nitriles is 1. The van der Waals surface area contributed by atoms with Crippen LogP contribution in [0.3, 0.4) is 0 Å². The highest BCUT2D eigenvalue weighted by molar-refractivity contribution is 7.89. The molecule has 0 atom stereocenters. The maximum Gasteiger partial charge on any atom is 0.325 e. The van der Waals surface area contributed by atoms with Crippen LogP contribution >= 0.6 is 0 Å². The standard InChI is InChI=1S/C33H29N5O6S/c1-44-31(40)19-36-30(39)21-38(45(42,43)29-14-6-10-24-12-7-17-35-32(24)29)26-15-16-27-25(18-26)11-5-13-28(27)33(41)37(22-34)20-23-8-3-2-4-9-23/h2-14,17-18H,15-16,19-21H2,1H3,(H,36,39). The zero-order valence-electron chi connectivity index (χ0n) is 24.3. The van der Waals surface area contributed by atoms with Gasteiger partial charge in [0.05, 0.1) is 19.2 Å². The lowest BCUT2D eigenvalue weighted by Crippen LogP contribution is -2.42. The van der Waals surface area contributed by atoms with Crippen molar-refractivity contribution >= 4 is 44.8 Å². The van der Waals surface area contributed by atoms with Crippen molar-refractivity contribution < 1.29 is 27.5 Å². The number of sulfonamides is 1. The Morgan fingerprint density at radius 3 is 2.49 bits per heavy atom. The second-order valence-corrected chi connectivity index (χ2v) is 12.0. The third kappa shape index (κ3) is 6.68. The lowest BCUT2D eigenvalue weighted by molar-refractivity contribution is -0.141. The van der Waals surface area contributed by atoms with Crippen LogP contribution < -0.4 is 5.32 Å². The highest BCUT2D eigenvalue weighted by Crippen LogP contribution is 2.33. The zero-order valence-corrected chi connectivity index (χ0v) is 25.2. The van der Waals surface area contributed by atoms with Crippen molar-refractivity contribution in [1.82, 2.24) is 19.5 Å². The van der Waals surface area contributed by atoms with Crippen molar-refractivity contribution in [3.8, 4) is 6.19 Å². The number of nitrogens with zero attached hydrogens (tertiary/aromatic N) is 4. The van der Waals surface area contributed by atoms with Gasteiger partial charge in [-0.05, 0) is 53.8 Å². The number of allylic oxidation sites excluding steroid dienone is 1. The number of hydrogen-bond donors (Lipinski definition) is 1. The van der Waals surface area contributed by atoms with Gasteiger partial charge in [0.2, 0.25) is 5.91 Å². The summed E-state index contributed by atoms with van der Waals surface area (Å²) in [7, 11) is -3.16. The molecule has 1 aromatic heterocycles. The highest BCUT2D eigenvalue weighted by atomic mass is 32.2. The number of ether oxygens (including phenoxy) is 1. The van der Waals surface area contributed by atoms with E-state index in [4.69, 9.17) is 0 Å². The summed E-state index contributed by atoms with van der Waals surface area (Å²) in [5.74, 6) is -1.86. The van der Waals surface area contributed by atoms with E-state index >= 15 is 0 Å². The number of benzene rings is 3. The number of aromatic nitrogens is 1. The zero-order chi connectivity index (χ0) is 32.0. The van der Waals surface area contributed by atoms with Gasteiger partial charge in [-0.2, -0.15) is 5.26 Å². The molecule has 0 fully saturated rings. The number of pyridine rings is 1. The SMILES string of the molecule is COC(=O)CNC(=O)CN(C1=Cc2cccc(C(=O)N(C#N)Cc3ccccc3)c2CC1)S(=O)(=O)c1cccc2cccnc12. The summed E-state index contributed by atoms with van der Waals surface area (Å²) in [5.41, 5.74) is 2.96. The van der Waals surface area contributed by atoms with Gasteiger partial charge >= 0.3 is 5.97 Å². The molecule has 0 saturated heterocycles. The fourth-order valence-electron chi connectivity index (χ4n) is 5.16. The van der Waals surface area contributed by atoms with Gasteiger partial charge in [0, 0.05) is 22.8 Å². The summed E-state index contributed by atoms with van der Waals surface area (Å²) >= 11 is 0. The molecule has 228 valence electrons. The number of nitrogens with one attached hydrogen (secondary N) is 1. The molecular formula is C33H29N5O6S. The predicted octanol–water partition coefficient (Wildman–Crippen LogP) is 3.63. The molecule has 0 unspecified atom stereocenters. The van der Waals surface area contributed by atoms with Gasteiger partial charge < -0.3 is 10.1 Å². The van der Waals surface area contributed by atoms with E-state index in [0.29, 0.717) is 27.8 Å². The van der Waals surface area contributed by atoms with Gasteiger partial charge in [0.25, 0.3) is 15.9 Å². The Morgan fingerprint density at radius 2 is 1.73 bits per heavy atom. The number of para-hydroxylation sites is 1. The quantitative estimate of drug-likeness (QED) is 0.160. The fourth-order valence-corrected chi connectivity index (χ4v) is 6.80. The summed E-state index contributed by atoms with van der Waals surface area (Å²) in [5, 5.41) is 12.8. The van der Waals surface area contributed by atoms with Crippen molar-refractivity contribution in [3.63, 3.8) is 0 Å². The van der Waals surface area contributed by atoms with Crippen LogP contribution in [0.25, 0.3) is 17.0 Å². The normalized spacial score (nSPS) is 12.3. The van der Waals surface area contributed by atoms with Gasteiger partial charge in [0.15, 0.2) is 6.19 Å². The molecule has 0 saturated carbocycles. The summed E-state index contributed by atoms with van der Waals surface area (Å²) in [6.45, 7) is -0.931. The first-order chi connectivity index (χ1) is 21.7. The van der Waals surface area contributed by atoms with Gasteiger partial charge in [-0.15, -0.1) is 0 Å². The second-order valence-electron chi connectivity index (χ2n) is 10.2. The highest BCUT2D eigenvalue weighted by Gasteiger charge is 2.33. The molecular weight excluding hydrogens is 594 g/mol. The first-order valence-corrected chi connectivity index (χ1v) is 15.4. The smallest absolute Gasteiger partial charge is 0.325 e. The van der Waals surface area contributed by atoms with Crippen LogP contribution in [0.5, 0.6) is 0 Å². The molecule has 12 heteroatoms. The molecule has 1 heterocycles. The third-order valence-electron chi connectivity index (χ3n) is 7.37. The van der Waals surface area contributed by atoms with Crippen molar-refractivity contribution in [2.24, 2.45) is 0 Å². The molecule has 0 radical (unpaired) electrons. The lowest BCUT2D eigenvalue weighted by atomic mass is 9.90. The maximum atomic E-state index is 14.2. The van der Waals surface area contributed by atoms with E-state index in [1.807, 2.05) is 36.5 Å². The average molecular weight is 624 g/mol. The molecule has 5 rings (SSSR count). The number of carbonyl (C=O) groups is 3.